The highest BCUT2D eigenvalue weighted by Gasteiger charge is 2.31. The molecule has 0 unspecified atom stereocenters. The van der Waals surface area contributed by atoms with Gasteiger partial charge >= 0.3 is 0 Å². The van der Waals surface area contributed by atoms with E-state index in [0.29, 0.717) is 23.3 Å². The number of anilines is 1. The van der Waals surface area contributed by atoms with Gasteiger partial charge in [0.1, 0.15) is 10.8 Å². The van der Waals surface area contributed by atoms with Crippen molar-refractivity contribution in [1.82, 2.24) is 9.97 Å². The van der Waals surface area contributed by atoms with Gasteiger partial charge in [0, 0.05) is 6.54 Å². The standard InChI is InChI=1S/C12H17Cl2N3O/c1-8-2-4-12(18,5-3-8)7-16-10-9(13)6-15-11(14)17-10/h6,8,18H,2-5,7H2,1H3,(H,15,16,17). The molecule has 0 bridgehead atoms. The van der Waals surface area contributed by atoms with Crippen LogP contribution in [-0.2, 0) is 0 Å². The van der Waals surface area contributed by atoms with E-state index in [1.807, 2.05) is 0 Å². The van der Waals surface area contributed by atoms with Gasteiger partial charge < -0.3 is 10.4 Å². The molecule has 1 saturated carbocycles. The predicted molar refractivity (Wildman–Crippen MR) is 73.1 cm³/mol. The smallest absolute Gasteiger partial charge is 0.224 e. The lowest BCUT2D eigenvalue weighted by Crippen LogP contribution is -2.40. The highest BCUT2D eigenvalue weighted by Crippen LogP contribution is 2.32. The second-order valence-electron chi connectivity index (χ2n) is 5.10. The van der Waals surface area contributed by atoms with Crippen LogP contribution in [-0.4, -0.2) is 27.2 Å². The molecule has 2 rings (SSSR count). The van der Waals surface area contributed by atoms with Gasteiger partial charge in [0.05, 0.1) is 11.8 Å². The molecule has 0 aliphatic heterocycles. The first-order valence-corrected chi connectivity index (χ1v) is 6.88. The van der Waals surface area contributed by atoms with Crippen LogP contribution in [0.1, 0.15) is 32.6 Å². The normalized spacial score (nSPS) is 28.1. The molecular weight excluding hydrogens is 273 g/mol. The third kappa shape index (κ3) is 3.46. The van der Waals surface area contributed by atoms with Crippen LogP contribution in [0.15, 0.2) is 6.20 Å². The third-order valence-electron chi connectivity index (χ3n) is 3.50. The molecule has 0 amide bonds. The predicted octanol–water partition coefficient (Wildman–Crippen LogP) is 3.14. The van der Waals surface area contributed by atoms with Crippen LogP contribution in [0, 0.1) is 5.92 Å². The van der Waals surface area contributed by atoms with Gasteiger partial charge in [-0.1, -0.05) is 18.5 Å². The van der Waals surface area contributed by atoms with E-state index in [9.17, 15) is 5.11 Å². The van der Waals surface area contributed by atoms with Crippen molar-refractivity contribution in [2.75, 3.05) is 11.9 Å². The van der Waals surface area contributed by atoms with E-state index in [1.54, 1.807) is 0 Å². The van der Waals surface area contributed by atoms with E-state index < -0.39 is 5.60 Å². The summed E-state index contributed by atoms with van der Waals surface area (Å²) < 4.78 is 0. The van der Waals surface area contributed by atoms with Gasteiger partial charge in [0.2, 0.25) is 5.28 Å². The molecule has 0 atom stereocenters. The van der Waals surface area contributed by atoms with Crippen LogP contribution in [0.4, 0.5) is 5.82 Å². The molecule has 1 aromatic rings. The molecule has 1 fully saturated rings. The lowest BCUT2D eigenvalue weighted by Gasteiger charge is -2.35. The zero-order valence-electron chi connectivity index (χ0n) is 10.3. The third-order valence-corrected chi connectivity index (χ3v) is 3.96. The number of rotatable bonds is 3. The average molecular weight is 290 g/mol. The summed E-state index contributed by atoms with van der Waals surface area (Å²) in [6.07, 6.45) is 5.16. The Morgan fingerprint density at radius 3 is 2.78 bits per heavy atom. The summed E-state index contributed by atoms with van der Waals surface area (Å²) >= 11 is 11.7. The lowest BCUT2D eigenvalue weighted by molar-refractivity contribution is 0.00495. The highest BCUT2D eigenvalue weighted by atomic mass is 35.5. The minimum Gasteiger partial charge on any atom is -0.388 e. The van der Waals surface area contributed by atoms with Crippen LogP contribution < -0.4 is 5.32 Å². The Labute approximate surface area is 117 Å². The zero-order chi connectivity index (χ0) is 13.2. The molecule has 1 heterocycles. The second-order valence-corrected chi connectivity index (χ2v) is 5.84. The summed E-state index contributed by atoms with van der Waals surface area (Å²) in [5, 5.41) is 14.0. The van der Waals surface area contributed by atoms with E-state index in [0.717, 1.165) is 25.7 Å². The molecule has 1 aliphatic carbocycles. The van der Waals surface area contributed by atoms with Crippen LogP contribution in [0.5, 0.6) is 0 Å². The Bertz CT molecular complexity index is 420. The summed E-state index contributed by atoms with van der Waals surface area (Å²) in [4.78, 5) is 7.78. The molecule has 1 aliphatic rings. The number of aromatic nitrogens is 2. The first-order valence-electron chi connectivity index (χ1n) is 6.13. The molecule has 0 saturated heterocycles. The average Bonchev–Trinajstić information content (AvgIpc) is 2.35. The molecule has 2 N–H and O–H groups in total. The molecule has 4 nitrogen and oxygen atoms in total. The van der Waals surface area contributed by atoms with Gasteiger partial charge in [-0.15, -0.1) is 0 Å². The van der Waals surface area contributed by atoms with Gasteiger partial charge in [-0.05, 0) is 43.2 Å². The Morgan fingerprint density at radius 1 is 1.44 bits per heavy atom. The fourth-order valence-corrected chi connectivity index (χ4v) is 2.49. The van der Waals surface area contributed by atoms with Crippen molar-refractivity contribution in [3.05, 3.63) is 16.5 Å². The molecule has 6 heteroatoms. The minimum absolute atomic E-state index is 0.145. The van der Waals surface area contributed by atoms with Gasteiger partial charge in [-0.25, -0.2) is 4.98 Å². The molecule has 100 valence electrons. The zero-order valence-corrected chi connectivity index (χ0v) is 11.8. The topological polar surface area (TPSA) is 58.0 Å². The van der Waals surface area contributed by atoms with Crippen LogP contribution in [0.3, 0.4) is 0 Å². The Kier molecular flexibility index (Phi) is 4.30. The first-order chi connectivity index (χ1) is 8.48. The highest BCUT2D eigenvalue weighted by molar-refractivity contribution is 6.33. The molecule has 0 radical (unpaired) electrons. The first kappa shape index (κ1) is 13.8. The van der Waals surface area contributed by atoms with Crippen molar-refractivity contribution in [2.24, 2.45) is 5.92 Å². The van der Waals surface area contributed by atoms with Crippen molar-refractivity contribution in [3.8, 4) is 0 Å². The molecule has 18 heavy (non-hydrogen) atoms. The number of nitrogens with zero attached hydrogens (tertiary/aromatic N) is 2. The number of halogens is 2. The van der Waals surface area contributed by atoms with E-state index in [4.69, 9.17) is 23.2 Å². The molecule has 0 aromatic carbocycles. The monoisotopic (exact) mass is 289 g/mol. The number of hydrogen-bond acceptors (Lipinski definition) is 4. The summed E-state index contributed by atoms with van der Waals surface area (Å²) in [6, 6.07) is 0. The quantitative estimate of drug-likeness (QED) is 0.840. The van der Waals surface area contributed by atoms with Gasteiger partial charge in [-0.2, -0.15) is 4.98 Å². The molecule has 0 spiro atoms. The maximum Gasteiger partial charge on any atom is 0.224 e. The largest absolute Gasteiger partial charge is 0.388 e. The van der Waals surface area contributed by atoms with Gasteiger partial charge in [0.25, 0.3) is 0 Å². The maximum absolute atomic E-state index is 10.4. The fraction of sp³-hybridized carbons (Fsp3) is 0.667. The van der Waals surface area contributed by atoms with Crippen molar-refractivity contribution in [3.63, 3.8) is 0 Å². The summed E-state index contributed by atoms with van der Waals surface area (Å²) in [7, 11) is 0. The Hall–Kier alpha value is -0.580. The molecule has 1 aromatic heterocycles. The molecular formula is C12H17Cl2N3O. The van der Waals surface area contributed by atoms with Gasteiger partial charge in [0.15, 0.2) is 0 Å². The van der Waals surface area contributed by atoms with Crippen molar-refractivity contribution in [2.45, 2.75) is 38.2 Å². The van der Waals surface area contributed by atoms with Crippen molar-refractivity contribution < 1.29 is 5.11 Å². The summed E-state index contributed by atoms with van der Waals surface area (Å²) in [6.45, 7) is 2.65. The van der Waals surface area contributed by atoms with Crippen LogP contribution in [0.2, 0.25) is 10.3 Å². The SMILES string of the molecule is CC1CCC(O)(CNc2nc(Cl)ncc2Cl)CC1. The number of aliphatic hydroxyl groups is 1. The lowest BCUT2D eigenvalue weighted by atomic mass is 9.79. The van der Waals surface area contributed by atoms with Crippen LogP contribution in [0.25, 0.3) is 0 Å². The van der Waals surface area contributed by atoms with Gasteiger partial charge in [-0.3, -0.25) is 0 Å². The second kappa shape index (κ2) is 5.59. The Morgan fingerprint density at radius 2 is 2.11 bits per heavy atom. The summed E-state index contributed by atoms with van der Waals surface area (Å²) in [5.74, 6) is 1.17. The van der Waals surface area contributed by atoms with E-state index in [2.05, 4.69) is 22.2 Å². The minimum atomic E-state index is -0.673. The van der Waals surface area contributed by atoms with Crippen molar-refractivity contribution >= 4 is 29.0 Å². The van der Waals surface area contributed by atoms with Crippen molar-refractivity contribution in [1.29, 1.82) is 0 Å². The van der Waals surface area contributed by atoms with E-state index in [-0.39, 0.29) is 5.28 Å². The Balaban J connectivity index is 1.96. The maximum atomic E-state index is 10.4. The van der Waals surface area contributed by atoms with E-state index in [1.165, 1.54) is 6.20 Å². The number of hydrogen-bond donors (Lipinski definition) is 2. The fourth-order valence-electron chi connectivity index (χ4n) is 2.19. The van der Waals surface area contributed by atoms with Crippen LogP contribution >= 0.6 is 23.2 Å². The number of nitrogens with one attached hydrogen (secondary N) is 1. The summed E-state index contributed by atoms with van der Waals surface area (Å²) in [5.41, 5.74) is -0.673. The van der Waals surface area contributed by atoms with E-state index >= 15 is 0 Å².